The van der Waals surface area contributed by atoms with Crippen molar-refractivity contribution >= 4 is 11.8 Å². The largest absolute Gasteiger partial charge is 0.367 e. The highest BCUT2D eigenvalue weighted by atomic mass is 19.1. The molecule has 19 heavy (non-hydrogen) atoms. The summed E-state index contributed by atoms with van der Waals surface area (Å²) in [7, 11) is 0. The fourth-order valence-corrected chi connectivity index (χ4v) is 2.30. The Balaban J connectivity index is 1.89. The van der Waals surface area contributed by atoms with Crippen molar-refractivity contribution in [2.75, 3.05) is 30.4 Å². The van der Waals surface area contributed by atoms with E-state index in [0.717, 1.165) is 25.7 Å². The Kier molecular flexibility index (Phi) is 4.49. The van der Waals surface area contributed by atoms with Crippen LogP contribution in [0.25, 0.3) is 0 Å². The Morgan fingerprint density at radius 2 is 2.37 bits per heavy atom. The number of halogens is 1. The van der Waals surface area contributed by atoms with Crippen LogP contribution in [0.15, 0.2) is 6.20 Å². The van der Waals surface area contributed by atoms with Gasteiger partial charge in [0.15, 0.2) is 11.6 Å². The van der Waals surface area contributed by atoms with E-state index in [9.17, 15) is 4.39 Å². The summed E-state index contributed by atoms with van der Waals surface area (Å²) in [5.74, 6) is 5.67. The number of nitrogens with two attached hydrogens (primary N) is 1. The van der Waals surface area contributed by atoms with Crippen LogP contribution in [0.1, 0.15) is 20.3 Å². The minimum absolute atomic E-state index is 0.200. The Morgan fingerprint density at radius 3 is 3.00 bits per heavy atom. The van der Waals surface area contributed by atoms with Crippen LogP contribution in [0.3, 0.4) is 0 Å². The molecule has 4 N–H and O–H groups in total. The number of hydrazine groups is 1. The molecule has 0 bridgehead atoms. The van der Waals surface area contributed by atoms with Gasteiger partial charge < -0.3 is 10.2 Å². The van der Waals surface area contributed by atoms with E-state index in [1.807, 2.05) is 0 Å². The van der Waals surface area contributed by atoms with E-state index in [2.05, 4.69) is 39.5 Å². The van der Waals surface area contributed by atoms with Gasteiger partial charge in [-0.1, -0.05) is 0 Å². The van der Waals surface area contributed by atoms with E-state index in [1.54, 1.807) is 0 Å². The lowest BCUT2D eigenvalue weighted by molar-refractivity contribution is 0.266. The standard InChI is InChI=1S/C12H21FN6/c1-8(2)19-4-3-9(7-19)5-15-11-10(13)6-16-12(17-11)18-14/h6,8-9H,3-5,7,14H2,1-2H3,(H2,15,16,17,18). The summed E-state index contributed by atoms with van der Waals surface area (Å²) >= 11 is 0. The number of nitrogens with one attached hydrogen (secondary N) is 2. The monoisotopic (exact) mass is 268 g/mol. The number of nitrogen functional groups attached to an aromatic ring is 1. The van der Waals surface area contributed by atoms with Crippen LogP contribution in [0.5, 0.6) is 0 Å². The van der Waals surface area contributed by atoms with Crippen LogP contribution in [-0.4, -0.2) is 40.5 Å². The highest BCUT2D eigenvalue weighted by Gasteiger charge is 2.24. The van der Waals surface area contributed by atoms with Gasteiger partial charge in [0, 0.05) is 19.1 Å². The van der Waals surface area contributed by atoms with Crippen molar-refractivity contribution in [1.82, 2.24) is 14.9 Å². The van der Waals surface area contributed by atoms with E-state index in [-0.39, 0.29) is 11.8 Å². The fraction of sp³-hybridized carbons (Fsp3) is 0.667. The van der Waals surface area contributed by atoms with Crippen molar-refractivity contribution < 1.29 is 4.39 Å². The topological polar surface area (TPSA) is 79.1 Å². The molecule has 0 aromatic carbocycles. The van der Waals surface area contributed by atoms with Crippen molar-refractivity contribution in [2.24, 2.45) is 11.8 Å². The first kappa shape index (κ1) is 14.0. The quantitative estimate of drug-likeness (QED) is 0.547. The second-order valence-corrected chi connectivity index (χ2v) is 5.16. The van der Waals surface area contributed by atoms with Crippen LogP contribution in [-0.2, 0) is 0 Å². The molecule has 1 aliphatic heterocycles. The minimum atomic E-state index is -0.460. The number of hydrogen-bond acceptors (Lipinski definition) is 6. The highest BCUT2D eigenvalue weighted by Crippen LogP contribution is 2.19. The molecule has 6 nitrogen and oxygen atoms in total. The first-order chi connectivity index (χ1) is 9.10. The second kappa shape index (κ2) is 6.12. The van der Waals surface area contributed by atoms with E-state index < -0.39 is 5.82 Å². The van der Waals surface area contributed by atoms with Gasteiger partial charge in [0.05, 0.1) is 6.20 Å². The van der Waals surface area contributed by atoms with Gasteiger partial charge in [0.25, 0.3) is 0 Å². The summed E-state index contributed by atoms with van der Waals surface area (Å²) in [5, 5.41) is 3.04. The summed E-state index contributed by atoms with van der Waals surface area (Å²) in [6.07, 6.45) is 2.24. The molecule has 1 unspecified atom stereocenters. The van der Waals surface area contributed by atoms with E-state index in [1.165, 1.54) is 0 Å². The molecule has 1 atom stereocenters. The molecule has 1 aliphatic rings. The van der Waals surface area contributed by atoms with E-state index in [0.29, 0.717) is 18.5 Å². The lowest BCUT2D eigenvalue weighted by Gasteiger charge is -2.20. The average molecular weight is 268 g/mol. The Morgan fingerprint density at radius 1 is 1.58 bits per heavy atom. The molecule has 0 radical (unpaired) electrons. The van der Waals surface area contributed by atoms with Gasteiger partial charge in [-0.05, 0) is 32.7 Å². The zero-order chi connectivity index (χ0) is 13.8. The molecule has 0 aliphatic carbocycles. The summed E-state index contributed by atoms with van der Waals surface area (Å²) < 4.78 is 13.5. The molecule has 7 heteroatoms. The van der Waals surface area contributed by atoms with Crippen molar-refractivity contribution in [3.63, 3.8) is 0 Å². The van der Waals surface area contributed by atoms with Crippen molar-refractivity contribution in [3.8, 4) is 0 Å². The van der Waals surface area contributed by atoms with Gasteiger partial charge >= 0.3 is 0 Å². The third kappa shape index (κ3) is 3.51. The molecule has 1 aromatic rings. The molecule has 106 valence electrons. The second-order valence-electron chi connectivity index (χ2n) is 5.16. The Labute approximate surface area is 112 Å². The lowest BCUT2D eigenvalue weighted by Crippen LogP contribution is -2.29. The van der Waals surface area contributed by atoms with Crippen LogP contribution < -0.4 is 16.6 Å². The number of aromatic nitrogens is 2. The first-order valence-electron chi connectivity index (χ1n) is 6.57. The zero-order valence-electron chi connectivity index (χ0n) is 11.4. The molecule has 2 heterocycles. The predicted octanol–water partition coefficient (Wildman–Crippen LogP) is 1.04. The Bertz CT molecular complexity index is 425. The average Bonchev–Trinajstić information content (AvgIpc) is 2.87. The molecule has 0 spiro atoms. The Hall–Kier alpha value is -1.47. The van der Waals surface area contributed by atoms with Gasteiger partial charge in [-0.2, -0.15) is 4.98 Å². The zero-order valence-corrected chi connectivity index (χ0v) is 11.4. The van der Waals surface area contributed by atoms with Crippen molar-refractivity contribution in [2.45, 2.75) is 26.3 Å². The molecule has 1 fully saturated rings. The number of hydrogen-bond donors (Lipinski definition) is 3. The third-order valence-electron chi connectivity index (χ3n) is 3.48. The summed E-state index contributed by atoms with van der Waals surface area (Å²) in [4.78, 5) is 10.1. The molecule has 2 rings (SSSR count). The summed E-state index contributed by atoms with van der Waals surface area (Å²) in [6, 6.07) is 0.564. The SMILES string of the molecule is CC(C)N1CCC(CNc2nc(NN)ncc2F)C1. The number of rotatable bonds is 5. The molecule has 1 aromatic heterocycles. The first-order valence-corrected chi connectivity index (χ1v) is 6.57. The number of likely N-dealkylation sites (tertiary alicyclic amines) is 1. The molecule has 0 amide bonds. The maximum atomic E-state index is 13.5. The number of anilines is 2. The number of nitrogens with zero attached hydrogens (tertiary/aromatic N) is 3. The smallest absolute Gasteiger partial charge is 0.239 e. The summed E-state index contributed by atoms with van der Waals surface area (Å²) in [5.41, 5.74) is 2.31. The normalized spacial score (nSPS) is 19.9. The van der Waals surface area contributed by atoms with Crippen molar-refractivity contribution in [3.05, 3.63) is 12.0 Å². The third-order valence-corrected chi connectivity index (χ3v) is 3.48. The van der Waals surface area contributed by atoms with Gasteiger partial charge in [0.1, 0.15) is 0 Å². The van der Waals surface area contributed by atoms with Crippen LogP contribution in [0.2, 0.25) is 0 Å². The van der Waals surface area contributed by atoms with Gasteiger partial charge in [0.2, 0.25) is 5.95 Å². The van der Waals surface area contributed by atoms with E-state index >= 15 is 0 Å². The molecule has 1 saturated heterocycles. The maximum absolute atomic E-state index is 13.5. The molecular formula is C12H21FN6. The minimum Gasteiger partial charge on any atom is -0.367 e. The van der Waals surface area contributed by atoms with Gasteiger partial charge in [-0.3, -0.25) is 5.43 Å². The molecule has 0 saturated carbocycles. The van der Waals surface area contributed by atoms with Crippen LogP contribution >= 0.6 is 0 Å². The predicted molar refractivity (Wildman–Crippen MR) is 73.1 cm³/mol. The fourth-order valence-electron chi connectivity index (χ4n) is 2.30. The highest BCUT2D eigenvalue weighted by molar-refractivity contribution is 5.40. The van der Waals surface area contributed by atoms with Crippen LogP contribution in [0, 0.1) is 11.7 Å². The van der Waals surface area contributed by atoms with Gasteiger partial charge in [-0.15, -0.1) is 0 Å². The van der Waals surface area contributed by atoms with Crippen LogP contribution in [0.4, 0.5) is 16.2 Å². The van der Waals surface area contributed by atoms with E-state index in [4.69, 9.17) is 5.84 Å². The van der Waals surface area contributed by atoms with Gasteiger partial charge in [-0.25, -0.2) is 15.2 Å². The lowest BCUT2D eigenvalue weighted by atomic mass is 10.1. The summed E-state index contributed by atoms with van der Waals surface area (Å²) in [6.45, 7) is 7.24. The maximum Gasteiger partial charge on any atom is 0.239 e. The van der Waals surface area contributed by atoms with Crippen molar-refractivity contribution in [1.29, 1.82) is 0 Å². The molecular weight excluding hydrogens is 247 g/mol.